The summed E-state index contributed by atoms with van der Waals surface area (Å²) in [5, 5.41) is 0. The van der Waals surface area contributed by atoms with E-state index in [4.69, 9.17) is 14.2 Å². The molecule has 0 saturated carbocycles. The Morgan fingerprint density at radius 3 is 1.95 bits per heavy atom. The van der Waals surface area contributed by atoms with E-state index in [9.17, 15) is 18.0 Å². The average Bonchev–Trinajstić information content (AvgIpc) is 3.21. The maximum absolute atomic E-state index is 13.9. The van der Waals surface area contributed by atoms with Crippen molar-refractivity contribution < 1.29 is 32.2 Å². The zero-order valence-corrected chi connectivity index (χ0v) is 21.4. The molecule has 3 atom stereocenters. The smallest absolute Gasteiger partial charge is 0.374 e. The molecule has 3 aromatic rings. The second-order valence-corrected chi connectivity index (χ2v) is 9.81. The van der Waals surface area contributed by atoms with E-state index in [1.54, 1.807) is 44.2 Å². The van der Waals surface area contributed by atoms with E-state index >= 15 is 0 Å². The van der Waals surface area contributed by atoms with Crippen molar-refractivity contribution in [1.82, 2.24) is 4.90 Å². The van der Waals surface area contributed by atoms with Gasteiger partial charge < -0.3 is 19.1 Å². The summed E-state index contributed by atoms with van der Waals surface area (Å²) in [6.07, 6.45) is -6.47. The lowest BCUT2D eigenvalue weighted by Gasteiger charge is -2.37. The monoisotopic (exact) mass is 527 g/mol. The molecule has 0 aromatic heterocycles. The normalized spacial score (nSPS) is 19.7. The van der Waals surface area contributed by atoms with Crippen molar-refractivity contribution in [3.8, 4) is 0 Å². The van der Waals surface area contributed by atoms with Crippen LogP contribution in [-0.4, -0.2) is 47.6 Å². The Kier molecular flexibility index (Phi) is 8.87. The molecule has 1 heterocycles. The molecule has 1 aliphatic rings. The lowest BCUT2D eigenvalue weighted by molar-refractivity contribution is -0.193. The molecule has 38 heavy (non-hydrogen) atoms. The standard InChI is InChI=1S/C30H32F3NO4/c1-29(2)37-26(21-36-20-24-16-10-5-11-17-24)27(38-29)25(18-22-12-6-3-7-13-22)34(28(35)30(31,32)33)19-23-14-8-4-9-15-23/h3-17,25-27H,18-21H2,1-2H3/t25-,26+,27+/m1/s1. The van der Waals surface area contributed by atoms with Crippen LogP contribution in [0.25, 0.3) is 0 Å². The summed E-state index contributed by atoms with van der Waals surface area (Å²) in [5.74, 6) is -2.99. The number of carbonyl (C=O) groups excluding carboxylic acids is 1. The van der Waals surface area contributed by atoms with Gasteiger partial charge in [0.2, 0.25) is 0 Å². The van der Waals surface area contributed by atoms with Crippen molar-refractivity contribution in [2.24, 2.45) is 0 Å². The van der Waals surface area contributed by atoms with Gasteiger partial charge in [-0.15, -0.1) is 0 Å². The van der Waals surface area contributed by atoms with Gasteiger partial charge >= 0.3 is 12.1 Å². The van der Waals surface area contributed by atoms with Crippen LogP contribution in [0, 0.1) is 0 Å². The molecule has 3 aromatic carbocycles. The van der Waals surface area contributed by atoms with Gasteiger partial charge in [0.1, 0.15) is 12.2 Å². The highest BCUT2D eigenvalue weighted by Gasteiger charge is 2.51. The summed E-state index contributed by atoms with van der Waals surface area (Å²) in [6, 6.07) is 26.3. The van der Waals surface area contributed by atoms with Crippen molar-refractivity contribution in [3.63, 3.8) is 0 Å². The van der Waals surface area contributed by atoms with Crippen LogP contribution in [0.3, 0.4) is 0 Å². The first-order chi connectivity index (χ1) is 18.1. The van der Waals surface area contributed by atoms with Crippen molar-refractivity contribution in [2.75, 3.05) is 6.61 Å². The molecule has 8 heteroatoms. The number of halogens is 3. The van der Waals surface area contributed by atoms with Crippen LogP contribution >= 0.6 is 0 Å². The summed E-state index contributed by atoms with van der Waals surface area (Å²) < 4.78 is 60.1. The predicted octanol–water partition coefficient (Wildman–Crippen LogP) is 5.93. The minimum Gasteiger partial charge on any atom is -0.374 e. The first-order valence-corrected chi connectivity index (χ1v) is 12.6. The van der Waals surface area contributed by atoms with Gasteiger partial charge in [-0.3, -0.25) is 4.79 Å². The van der Waals surface area contributed by atoms with E-state index in [2.05, 4.69) is 0 Å². The number of ether oxygens (including phenoxy) is 3. The maximum atomic E-state index is 13.9. The molecule has 202 valence electrons. The lowest BCUT2D eigenvalue weighted by Crippen LogP contribution is -2.55. The summed E-state index contributed by atoms with van der Waals surface area (Å²) in [7, 11) is 0. The summed E-state index contributed by atoms with van der Waals surface area (Å²) >= 11 is 0. The molecular weight excluding hydrogens is 495 g/mol. The molecule has 0 radical (unpaired) electrons. The highest BCUT2D eigenvalue weighted by atomic mass is 19.4. The molecule has 5 nitrogen and oxygen atoms in total. The Morgan fingerprint density at radius 2 is 1.39 bits per heavy atom. The fourth-order valence-electron chi connectivity index (χ4n) is 4.73. The fourth-order valence-corrected chi connectivity index (χ4v) is 4.73. The molecule has 0 unspecified atom stereocenters. The number of carbonyl (C=O) groups is 1. The van der Waals surface area contributed by atoms with Gasteiger partial charge in [0.15, 0.2) is 5.79 Å². The first kappa shape index (κ1) is 27.8. The van der Waals surface area contributed by atoms with E-state index in [-0.39, 0.29) is 19.6 Å². The second-order valence-electron chi connectivity index (χ2n) is 9.81. The van der Waals surface area contributed by atoms with Crippen molar-refractivity contribution in [1.29, 1.82) is 0 Å². The van der Waals surface area contributed by atoms with Crippen LogP contribution < -0.4 is 0 Å². The van der Waals surface area contributed by atoms with Gasteiger partial charge in [-0.2, -0.15) is 13.2 Å². The van der Waals surface area contributed by atoms with E-state index in [1.165, 1.54) is 0 Å². The van der Waals surface area contributed by atoms with Crippen molar-refractivity contribution in [3.05, 3.63) is 108 Å². The lowest BCUT2D eigenvalue weighted by atomic mass is 9.95. The van der Waals surface area contributed by atoms with Crippen LogP contribution in [0.15, 0.2) is 91.0 Å². The molecule has 1 fully saturated rings. The summed E-state index contributed by atoms with van der Waals surface area (Å²) in [5.41, 5.74) is 2.32. The molecule has 1 aliphatic heterocycles. The van der Waals surface area contributed by atoms with Gasteiger partial charge in [0.25, 0.3) is 0 Å². The third-order valence-electron chi connectivity index (χ3n) is 6.38. The number of nitrogens with zero attached hydrogens (tertiary/aromatic N) is 1. The van der Waals surface area contributed by atoms with Crippen LogP contribution in [0.4, 0.5) is 13.2 Å². The fraction of sp³-hybridized carbons (Fsp3) is 0.367. The van der Waals surface area contributed by atoms with E-state index < -0.39 is 36.1 Å². The Labute approximate surface area is 221 Å². The Hall–Kier alpha value is -3.20. The van der Waals surface area contributed by atoms with Crippen LogP contribution in [0.5, 0.6) is 0 Å². The summed E-state index contributed by atoms with van der Waals surface area (Å²) in [4.78, 5) is 13.8. The van der Waals surface area contributed by atoms with Crippen LogP contribution in [-0.2, 0) is 38.6 Å². The SMILES string of the molecule is CC1(C)O[C@@H]([C@@H](Cc2ccccc2)N(Cc2ccccc2)C(=O)C(F)(F)F)[C@H](COCc2ccccc2)O1. The zero-order valence-electron chi connectivity index (χ0n) is 21.4. The third kappa shape index (κ3) is 7.43. The van der Waals surface area contributed by atoms with Gasteiger partial charge in [-0.1, -0.05) is 91.0 Å². The predicted molar refractivity (Wildman–Crippen MR) is 137 cm³/mol. The number of rotatable bonds is 10. The number of benzene rings is 3. The molecule has 0 spiro atoms. The minimum absolute atomic E-state index is 0.0909. The number of alkyl halides is 3. The van der Waals surface area contributed by atoms with E-state index in [0.717, 1.165) is 16.0 Å². The third-order valence-corrected chi connectivity index (χ3v) is 6.38. The Morgan fingerprint density at radius 1 is 0.868 bits per heavy atom. The molecule has 0 N–H and O–H groups in total. The average molecular weight is 528 g/mol. The van der Waals surface area contributed by atoms with Crippen LogP contribution in [0.2, 0.25) is 0 Å². The van der Waals surface area contributed by atoms with Crippen LogP contribution in [0.1, 0.15) is 30.5 Å². The van der Waals surface area contributed by atoms with Gasteiger partial charge in [0, 0.05) is 6.54 Å². The number of amides is 1. The first-order valence-electron chi connectivity index (χ1n) is 12.6. The van der Waals surface area contributed by atoms with E-state index in [1.807, 2.05) is 60.7 Å². The van der Waals surface area contributed by atoms with Gasteiger partial charge in [-0.05, 0) is 37.0 Å². The highest BCUT2D eigenvalue weighted by molar-refractivity contribution is 5.82. The van der Waals surface area contributed by atoms with Crippen molar-refractivity contribution in [2.45, 2.75) is 63.6 Å². The number of hydrogen-bond donors (Lipinski definition) is 0. The topological polar surface area (TPSA) is 48.0 Å². The molecule has 1 saturated heterocycles. The number of hydrogen-bond acceptors (Lipinski definition) is 4. The molecule has 0 bridgehead atoms. The molecule has 0 aliphatic carbocycles. The molecule has 1 amide bonds. The van der Waals surface area contributed by atoms with Gasteiger partial charge in [-0.25, -0.2) is 0 Å². The maximum Gasteiger partial charge on any atom is 0.471 e. The highest BCUT2D eigenvalue weighted by Crippen LogP contribution is 2.35. The van der Waals surface area contributed by atoms with Crippen molar-refractivity contribution >= 4 is 5.91 Å². The Balaban J connectivity index is 1.66. The largest absolute Gasteiger partial charge is 0.471 e. The van der Waals surface area contributed by atoms with Gasteiger partial charge in [0.05, 0.1) is 19.3 Å². The quantitative estimate of drug-likeness (QED) is 0.328. The second kappa shape index (κ2) is 12.1. The molecule has 4 rings (SSSR count). The summed E-state index contributed by atoms with van der Waals surface area (Å²) in [6.45, 7) is 3.60. The zero-order chi connectivity index (χ0) is 27.2. The molecular formula is C30H32F3NO4. The minimum atomic E-state index is -5.06. The van der Waals surface area contributed by atoms with E-state index in [0.29, 0.717) is 12.2 Å². The Bertz CT molecular complexity index is 1160.